The summed E-state index contributed by atoms with van der Waals surface area (Å²) in [5.41, 5.74) is 7.50. The quantitative estimate of drug-likeness (QED) is 0.109. The fraction of sp³-hybridized carbons (Fsp3) is 0.471. The maximum atomic E-state index is 13.7. The van der Waals surface area contributed by atoms with Crippen LogP contribution < -0.4 is 22.1 Å². The van der Waals surface area contributed by atoms with Crippen LogP contribution in [0, 0.1) is 5.82 Å². The lowest BCUT2D eigenvalue weighted by Crippen LogP contribution is -2.78. The molecule has 3 aliphatic rings. The molecule has 0 radical (unpaired) electrons. The first-order valence-corrected chi connectivity index (χ1v) is 9.23. The summed E-state index contributed by atoms with van der Waals surface area (Å²) < 4.78 is 58.8. The van der Waals surface area contributed by atoms with Gasteiger partial charge in [-0.25, -0.2) is 18.8 Å². The number of esters is 1. The smallest absolute Gasteiger partial charge is 0.416 e. The van der Waals surface area contributed by atoms with Gasteiger partial charge >= 0.3 is 18.1 Å². The standard InChI is InChI=1S/C17H18F4N6O5/c18-8-2-6(1-7(3-8)17(19,20)21)12(29)32-10-4-27-14(23)24-9(5-28)11-15(27,16(10,30)31)26-13(22)25-11/h1-3,9-11,28,30-31H,4-5H2,(H5,22,23,24,25,26)/p+1/t9-,10-,11-,15-/m0/s1. The number of ether oxygens (including phenoxy) is 1. The molecule has 1 spiro atoms. The molecule has 1 saturated heterocycles. The van der Waals surface area contributed by atoms with Gasteiger partial charge in [0.05, 0.1) is 17.7 Å². The maximum Gasteiger partial charge on any atom is 0.416 e. The van der Waals surface area contributed by atoms with Gasteiger partial charge in [-0.3, -0.25) is 11.1 Å². The van der Waals surface area contributed by atoms with Gasteiger partial charge in [-0.2, -0.15) is 13.2 Å². The van der Waals surface area contributed by atoms with Gasteiger partial charge in [-0.05, 0) is 18.2 Å². The fourth-order valence-electron chi connectivity index (χ4n) is 4.31. The van der Waals surface area contributed by atoms with Crippen LogP contribution in [-0.4, -0.2) is 80.6 Å². The van der Waals surface area contributed by atoms with Crippen molar-refractivity contribution in [1.29, 1.82) is 0 Å². The van der Waals surface area contributed by atoms with E-state index < -0.39 is 71.9 Å². The lowest BCUT2D eigenvalue weighted by atomic mass is 9.86. The zero-order valence-electron chi connectivity index (χ0n) is 16.1. The minimum atomic E-state index is -4.92. The third kappa shape index (κ3) is 3.03. The summed E-state index contributed by atoms with van der Waals surface area (Å²) in [5, 5.41) is 37.0. The number of carbonyl (C=O) groups excluding carboxylic acids is 1. The number of aliphatic hydroxyl groups excluding tert-OH is 1. The molecule has 9 N–H and O–H groups in total. The minimum absolute atomic E-state index is 0.131. The van der Waals surface area contributed by atoms with Crippen LogP contribution in [0.5, 0.6) is 0 Å². The number of rotatable bonds is 3. The SMILES string of the molecule is NC1=N[C@H]2[C@H](CO)NC(N)=[N+]3C[C@H](OC(=O)c4cc(F)cc(C(F)(F)F)c4)C(O)(O)[C@]23N1. The predicted molar refractivity (Wildman–Crippen MR) is 97.4 cm³/mol. The summed E-state index contributed by atoms with van der Waals surface area (Å²) >= 11 is 0. The Hall–Kier alpha value is -3.17. The van der Waals surface area contributed by atoms with Crippen molar-refractivity contribution in [3.8, 4) is 0 Å². The molecule has 1 aromatic rings. The third-order valence-electron chi connectivity index (χ3n) is 5.72. The second kappa shape index (κ2) is 6.91. The zero-order chi connectivity index (χ0) is 23.6. The Kier molecular flexibility index (Phi) is 4.76. The van der Waals surface area contributed by atoms with Crippen molar-refractivity contribution in [1.82, 2.24) is 10.6 Å². The number of hydrogen-bond donors (Lipinski definition) is 7. The van der Waals surface area contributed by atoms with Crippen LogP contribution in [0.2, 0.25) is 0 Å². The van der Waals surface area contributed by atoms with E-state index in [0.717, 1.165) is 0 Å². The van der Waals surface area contributed by atoms with Gasteiger partial charge in [-0.1, -0.05) is 0 Å². The number of halogens is 4. The van der Waals surface area contributed by atoms with Crippen LogP contribution in [0.15, 0.2) is 23.2 Å². The second-order valence-corrected chi connectivity index (χ2v) is 7.63. The van der Waals surface area contributed by atoms with Crippen molar-refractivity contribution in [2.45, 2.75) is 35.8 Å². The highest BCUT2D eigenvalue weighted by Gasteiger charge is 2.76. The molecule has 0 bridgehead atoms. The molecule has 0 amide bonds. The highest BCUT2D eigenvalue weighted by Crippen LogP contribution is 2.42. The molecule has 174 valence electrons. The average Bonchev–Trinajstić information content (AvgIpc) is 3.15. The van der Waals surface area contributed by atoms with Gasteiger partial charge in [-0.15, -0.1) is 0 Å². The molecule has 0 unspecified atom stereocenters. The van der Waals surface area contributed by atoms with E-state index in [4.69, 9.17) is 16.2 Å². The van der Waals surface area contributed by atoms with Crippen molar-refractivity contribution in [3.63, 3.8) is 0 Å². The Bertz CT molecular complexity index is 1040. The minimum Gasteiger partial charge on any atom is -0.449 e. The number of aliphatic imine (C=N–C) groups is 1. The average molecular weight is 463 g/mol. The van der Waals surface area contributed by atoms with Crippen LogP contribution in [0.1, 0.15) is 15.9 Å². The number of guanidine groups is 2. The first-order chi connectivity index (χ1) is 14.8. The summed E-state index contributed by atoms with van der Waals surface area (Å²) in [6.07, 6.45) is -6.70. The summed E-state index contributed by atoms with van der Waals surface area (Å²) in [7, 11) is 0. The summed E-state index contributed by atoms with van der Waals surface area (Å²) in [6.45, 7) is -0.965. The van der Waals surface area contributed by atoms with E-state index >= 15 is 0 Å². The molecule has 0 aromatic heterocycles. The highest BCUT2D eigenvalue weighted by atomic mass is 19.4. The highest BCUT2D eigenvalue weighted by molar-refractivity contribution is 5.90. The second-order valence-electron chi connectivity index (χ2n) is 7.63. The van der Waals surface area contributed by atoms with Gasteiger partial charge in [0.25, 0.3) is 5.79 Å². The Morgan fingerprint density at radius 1 is 1.31 bits per heavy atom. The Morgan fingerprint density at radius 3 is 2.62 bits per heavy atom. The van der Waals surface area contributed by atoms with Crippen molar-refractivity contribution in [2.75, 3.05) is 13.2 Å². The number of nitrogens with one attached hydrogen (secondary N) is 2. The fourth-order valence-corrected chi connectivity index (χ4v) is 4.31. The Balaban J connectivity index is 1.69. The topological polar surface area (TPSA) is 178 Å². The number of benzene rings is 1. The van der Waals surface area contributed by atoms with E-state index in [1.54, 1.807) is 0 Å². The molecule has 3 heterocycles. The van der Waals surface area contributed by atoms with Crippen molar-refractivity contribution in [3.05, 3.63) is 35.1 Å². The van der Waals surface area contributed by atoms with E-state index in [9.17, 15) is 37.7 Å². The Labute approximate surface area is 177 Å². The van der Waals surface area contributed by atoms with Crippen LogP contribution in [0.3, 0.4) is 0 Å². The van der Waals surface area contributed by atoms with E-state index in [2.05, 4.69) is 15.6 Å². The van der Waals surface area contributed by atoms with Gasteiger partial charge < -0.3 is 31.1 Å². The van der Waals surface area contributed by atoms with Crippen LogP contribution in [-0.2, 0) is 10.9 Å². The molecular weight excluding hydrogens is 444 g/mol. The molecule has 0 aliphatic carbocycles. The lowest BCUT2D eigenvalue weighted by Gasteiger charge is -2.42. The number of carbonyl (C=O) groups is 1. The first kappa shape index (κ1) is 22.0. The van der Waals surface area contributed by atoms with Crippen molar-refractivity contribution in [2.24, 2.45) is 16.5 Å². The summed E-state index contributed by atoms with van der Waals surface area (Å²) in [6, 6.07) is -0.896. The third-order valence-corrected chi connectivity index (χ3v) is 5.72. The molecule has 1 fully saturated rings. The molecule has 4 rings (SSSR count). The largest absolute Gasteiger partial charge is 0.449 e. The zero-order valence-corrected chi connectivity index (χ0v) is 16.1. The molecule has 1 aromatic carbocycles. The number of alkyl halides is 3. The summed E-state index contributed by atoms with van der Waals surface area (Å²) in [4.78, 5) is 16.6. The van der Waals surface area contributed by atoms with Crippen LogP contribution >= 0.6 is 0 Å². The van der Waals surface area contributed by atoms with E-state index in [-0.39, 0.29) is 18.0 Å². The van der Waals surface area contributed by atoms with E-state index in [1.807, 2.05) is 0 Å². The van der Waals surface area contributed by atoms with Gasteiger partial charge in [0.15, 0.2) is 18.1 Å². The normalized spacial score (nSPS) is 30.7. The number of nitrogens with zero attached hydrogens (tertiary/aromatic N) is 2. The predicted octanol–water partition coefficient (Wildman–Crippen LogP) is -2.66. The number of hydrogen-bond acceptors (Lipinski definition) is 10. The van der Waals surface area contributed by atoms with Crippen molar-refractivity contribution < 1.29 is 47.0 Å². The van der Waals surface area contributed by atoms with Crippen LogP contribution in [0.4, 0.5) is 17.6 Å². The first-order valence-electron chi connectivity index (χ1n) is 9.23. The lowest BCUT2D eigenvalue weighted by molar-refractivity contribution is -0.623. The van der Waals surface area contributed by atoms with Gasteiger partial charge in [0.2, 0.25) is 5.66 Å². The molecule has 3 aliphatic heterocycles. The molecule has 11 nitrogen and oxygen atoms in total. The molecule has 15 heteroatoms. The molecule has 0 saturated carbocycles. The van der Waals surface area contributed by atoms with E-state index in [1.165, 1.54) is 4.58 Å². The number of aliphatic hydroxyl groups is 3. The molecule has 4 atom stereocenters. The summed E-state index contributed by atoms with van der Waals surface area (Å²) in [5.74, 6) is -6.04. The monoisotopic (exact) mass is 463 g/mol. The maximum absolute atomic E-state index is 13.7. The van der Waals surface area contributed by atoms with Crippen LogP contribution in [0.25, 0.3) is 0 Å². The van der Waals surface area contributed by atoms with Gasteiger partial charge in [0.1, 0.15) is 18.4 Å². The molecular formula is C17H19F4N6O5+. The number of nitrogens with two attached hydrogens (primary N) is 2. The van der Waals surface area contributed by atoms with E-state index in [0.29, 0.717) is 12.1 Å². The van der Waals surface area contributed by atoms with Gasteiger partial charge in [0, 0.05) is 0 Å². The Morgan fingerprint density at radius 2 is 2.00 bits per heavy atom. The van der Waals surface area contributed by atoms with Crippen molar-refractivity contribution >= 4 is 17.9 Å². The molecule has 32 heavy (non-hydrogen) atoms.